The quantitative estimate of drug-likeness (QED) is 0.640. The fourth-order valence-electron chi connectivity index (χ4n) is 2.18. The summed E-state index contributed by atoms with van der Waals surface area (Å²) in [6, 6.07) is 8.67. The molecule has 0 bridgehead atoms. The maximum atomic E-state index is 12.6. The lowest BCUT2D eigenvalue weighted by Gasteiger charge is -2.22. The van der Waals surface area contributed by atoms with Gasteiger partial charge in [0.1, 0.15) is 11.5 Å². The van der Waals surface area contributed by atoms with E-state index >= 15 is 0 Å². The van der Waals surface area contributed by atoms with Gasteiger partial charge in [-0.1, -0.05) is 15.9 Å². The SMILES string of the molecule is COCCN(Cc1ccco1)Cc1cc(Br)ccc1OC(F)F. The number of benzene rings is 1. The first-order valence-electron chi connectivity index (χ1n) is 7.05. The van der Waals surface area contributed by atoms with Crippen LogP contribution >= 0.6 is 15.9 Å². The fourth-order valence-corrected chi connectivity index (χ4v) is 2.59. The third kappa shape index (κ3) is 5.93. The Morgan fingerprint density at radius 1 is 1.26 bits per heavy atom. The lowest BCUT2D eigenvalue weighted by atomic mass is 10.2. The predicted octanol–water partition coefficient (Wildman–Crippen LogP) is 4.29. The second-order valence-electron chi connectivity index (χ2n) is 4.91. The molecule has 0 atom stereocenters. The standard InChI is InChI=1S/C16H18BrF2NO3/c1-21-8-6-20(11-14-3-2-7-22-14)10-12-9-13(17)4-5-15(12)23-16(18)19/h2-5,7,9,16H,6,8,10-11H2,1H3. The molecule has 4 nitrogen and oxygen atoms in total. The molecule has 0 aliphatic heterocycles. The first-order valence-corrected chi connectivity index (χ1v) is 7.84. The third-order valence-electron chi connectivity index (χ3n) is 3.20. The molecule has 0 saturated carbocycles. The summed E-state index contributed by atoms with van der Waals surface area (Å²) in [4.78, 5) is 2.04. The number of nitrogens with zero attached hydrogens (tertiary/aromatic N) is 1. The monoisotopic (exact) mass is 389 g/mol. The lowest BCUT2D eigenvalue weighted by Crippen LogP contribution is -2.27. The lowest BCUT2D eigenvalue weighted by molar-refractivity contribution is -0.0508. The molecule has 0 aliphatic carbocycles. The number of furan rings is 1. The maximum Gasteiger partial charge on any atom is 0.387 e. The van der Waals surface area contributed by atoms with E-state index in [1.165, 1.54) is 6.07 Å². The van der Waals surface area contributed by atoms with E-state index in [-0.39, 0.29) is 5.75 Å². The Bertz CT molecular complexity index is 593. The molecule has 1 aromatic heterocycles. The van der Waals surface area contributed by atoms with Crippen LogP contribution in [0.15, 0.2) is 45.5 Å². The van der Waals surface area contributed by atoms with Gasteiger partial charge in [-0.05, 0) is 30.3 Å². The zero-order valence-corrected chi connectivity index (χ0v) is 14.3. The van der Waals surface area contributed by atoms with Crippen LogP contribution in [0, 0.1) is 0 Å². The van der Waals surface area contributed by atoms with Crippen LogP contribution in [0.25, 0.3) is 0 Å². The largest absolute Gasteiger partial charge is 0.468 e. The van der Waals surface area contributed by atoms with E-state index < -0.39 is 6.61 Å². The van der Waals surface area contributed by atoms with Crippen molar-refractivity contribution in [2.75, 3.05) is 20.3 Å². The fraction of sp³-hybridized carbons (Fsp3) is 0.375. The Balaban J connectivity index is 2.15. The van der Waals surface area contributed by atoms with E-state index in [9.17, 15) is 8.78 Å². The summed E-state index contributed by atoms with van der Waals surface area (Å²) in [5.74, 6) is 0.970. The van der Waals surface area contributed by atoms with Gasteiger partial charge >= 0.3 is 6.61 Å². The average molecular weight is 390 g/mol. The molecule has 7 heteroatoms. The van der Waals surface area contributed by atoms with Gasteiger partial charge in [0.25, 0.3) is 0 Å². The van der Waals surface area contributed by atoms with Crippen LogP contribution in [0.5, 0.6) is 5.75 Å². The summed E-state index contributed by atoms with van der Waals surface area (Å²) in [7, 11) is 1.62. The van der Waals surface area contributed by atoms with Crippen LogP contribution in [0.3, 0.4) is 0 Å². The van der Waals surface area contributed by atoms with Crippen molar-refractivity contribution in [2.24, 2.45) is 0 Å². The number of hydrogen-bond acceptors (Lipinski definition) is 4. The van der Waals surface area contributed by atoms with Gasteiger partial charge in [0.05, 0.1) is 19.4 Å². The zero-order chi connectivity index (χ0) is 16.7. The average Bonchev–Trinajstić information content (AvgIpc) is 3.00. The number of ether oxygens (including phenoxy) is 2. The van der Waals surface area contributed by atoms with Crippen molar-refractivity contribution in [1.82, 2.24) is 4.90 Å². The van der Waals surface area contributed by atoms with Crippen LogP contribution in [-0.2, 0) is 17.8 Å². The molecule has 126 valence electrons. The van der Waals surface area contributed by atoms with Gasteiger partial charge in [-0.25, -0.2) is 0 Å². The van der Waals surface area contributed by atoms with Crippen molar-refractivity contribution < 1.29 is 22.7 Å². The second kappa shape index (κ2) is 9.00. The molecule has 0 saturated heterocycles. The van der Waals surface area contributed by atoms with Crippen LogP contribution < -0.4 is 4.74 Å². The van der Waals surface area contributed by atoms with Gasteiger partial charge in [-0.3, -0.25) is 4.90 Å². The predicted molar refractivity (Wildman–Crippen MR) is 85.5 cm³/mol. The molecule has 1 heterocycles. The van der Waals surface area contributed by atoms with Gasteiger partial charge in [0, 0.05) is 30.2 Å². The van der Waals surface area contributed by atoms with Crippen LogP contribution in [0.4, 0.5) is 8.78 Å². The van der Waals surface area contributed by atoms with Gasteiger partial charge in [0.2, 0.25) is 0 Å². The molecule has 0 fully saturated rings. The highest BCUT2D eigenvalue weighted by Gasteiger charge is 2.15. The zero-order valence-electron chi connectivity index (χ0n) is 12.7. The topological polar surface area (TPSA) is 34.8 Å². The van der Waals surface area contributed by atoms with Crippen LogP contribution in [-0.4, -0.2) is 31.8 Å². The number of hydrogen-bond donors (Lipinski definition) is 0. The molecular formula is C16H18BrF2NO3. The van der Waals surface area contributed by atoms with Crippen molar-refractivity contribution in [2.45, 2.75) is 19.7 Å². The molecule has 0 spiro atoms. The number of methoxy groups -OCH3 is 1. The molecule has 2 rings (SSSR count). The normalized spacial score (nSPS) is 11.4. The third-order valence-corrected chi connectivity index (χ3v) is 3.70. The van der Waals surface area contributed by atoms with E-state index in [2.05, 4.69) is 20.7 Å². The van der Waals surface area contributed by atoms with E-state index in [4.69, 9.17) is 9.15 Å². The van der Waals surface area contributed by atoms with Crippen molar-refractivity contribution in [3.05, 3.63) is 52.4 Å². The molecule has 0 radical (unpaired) electrons. The Hall–Kier alpha value is -1.44. The van der Waals surface area contributed by atoms with E-state index in [0.717, 1.165) is 10.2 Å². The van der Waals surface area contributed by atoms with Crippen molar-refractivity contribution in [3.8, 4) is 5.75 Å². The van der Waals surface area contributed by atoms with Gasteiger partial charge in [-0.15, -0.1) is 0 Å². The second-order valence-corrected chi connectivity index (χ2v) is 5.83. The van der Waals surface area contributed by atoms with Gasteiger partial charge < -0.3 is 13.9 Å². The first-order chi connectivity index (χ1) is 11.1. The summed E-state index contributed by atoms with van der Waals surface area (Å²) in [5, 5.41) is 0. The molecule has 0 unspecified atom stereocenters. The van der Waals surface area contributed by atoms with E-state index in [1.54, 1.807) is 25.5 Å². The van der Waals surface area contributed by atoms with Crippen molar-refractivity contribution >= 4 is 15.9 Å². The Morgan fingerprint density at radius 2 is 2.09 bits per heavy atom. The molecule has 0 amide bonds. The van der Waals surface area contributed by atoms with Gasteiger partial charge in [0.15, 0.2) is 0 Å². The number of halogens is 3. The molecular weight excluding hydrogens is 372 g/mol. The van der Waals surface area contributed by atoms with E-state index in [0.29, 0.717) is 31.8 Å². The highest BCUT2D eigenvalue weighted by Crippen LogP contribution is 2.26. The Kier molecular flexibility index (Phi) is 7.01. The molecule has 1 aromatic carbocycles. The smallest absolute Gasteiger partial charge is 0.387 e. The van der Waals surface area contributed by atoms with Crippen molar-refractivity contribution in [1.29, 1.82) is 0 Å². The number of alkyl halides is 2. The highest BCUT2D eigenvalue weighted by atomic mass is 79.9. The Labute approximate surface area is 142 Å². The van der Waals surface area contributed by atoms with Gasteiger partial charge in [-0.2, -0.15) is 8.78 Å². The minimum atomic E-state index is -2.85. The maximum absolute atomic E-state index is 12.6. The van der Waals surface area contributed by atoms with E-state index in [1.807, 2.05) is 17.0 Å². The summed E-state index contributed by atoms with van der Waals surface area (Å²) in [6.07, 6.45) is 1.61. The van der Waals surface area contributed by atoms with Crippen molar-refractivity contribution in [3.63, 3.8) is 0 Å². The molecule has 23 heavy (non-hydrogen) atoms. The van der Waals surface area contributed by atoms with Crippen LogP contribution in [0.1, 0.15) is 11.3 Å². The summed E-state index contributed by atoms with van der Waals surface area (Å²) >= 11 is 3.36. The van der Waals surface area contributed by atoms with Crippen LogP contribution in [0.2, 0.25) is 0 Å². The molecule has 0 aliphatic rings. The number of rotatable bonds is 9. The minimum Gasteiger partial charge on any atom is -0.468 e. The Morgan fingerprint density at radius 3 is 2.74 bits per heavy atom. The molecule has 2 aromatic rings. The first kappa shape index (κ1) is 17.9. The summed E-state index contributed by atoms with van der Waals surface area (Å²) < 4.78 is 41.0. The highest BCUT2D eigenvalue weighted by molar-refractivity contribution is 9.10. The molecule has 0 N–H and O–H groups in total. The minimum absolute atomic E-state index is 0.171. The summed E-state index contributed by atoms with van der Waals surface area (Å²) in [5.41, 5.74) is 0.669. The summed E-state index contributed by atoms with van der Waals surface area (Å²) in [6.45, 7) is -0.701.